The number of nitrogens with one attached hydrogen (secondary N) is 1. The van der Waals surface area contributed by atoms with Crippen molar-refractivity contribution in [3.8, 4) is 0 Å². The van der Waals surface area contributed by atoms with Gasteiger partial charge in [0.05, 0.1) is 5.69 Å². The summed E-state index contributed by atoms with van der Waals surface area (Å²) in [6, 6.07) is 7.74. The number of nitrogens with two attached hydrogens (primary N) is 1. The van der Waals surface area contributed by atoms with E-state index < -0.39 is 6.09 Å². The van der Waals surface area contributed by atoms with Crippen molar-refractivity contribution in [2.45, 2.75) is 18.3 Å². The maximum Gasteiger partial charge on any atom is 0.411 e. The molecule has 0 unspecified atom stereocenters. The highest BCUT2D eigenvalue weighted by molar-refractivity contribution is 5.90. The van der Waals surface area contributed by atoms with Crippen molar-refractivity contribution in [3.63, 3.8) is 0 Å². The summed E-state index contributed by atoms with van der Waals surface area (Å²) in [5.74, 6) is 0.0984. The maximum absolute atomic E-state index is 11.4. The highest BCUT2D eigenvalue weighted by Crippen LogP contribution is 2.46. The average molecular weight is 274 g/mol. The molecule has 3 rings (SSSR count). The van der Waals surface area contributed by atoms with Crippen molar-refractivity contribution in [2.24, 2.45) is 5.73 Å². The molecule has 0 atom stereocenters. The summed E-state index contributed by atoms with van der Waals surface area (Å²) >= 11 is 0. The van der Waals surface area contributed by atoms with Gasteiger partial charge >= 0.3 is 6.09 Å². The number of para-hydroxylation sites is 1. The van der Waals surface area contributed by atoms with Gasteiger partial charge in [-0.2, -0.15) is 0 Å². The molecular weight excluding hydrogens is 256 g/mol. The Kier molecular flexibility index (Phi) is 2.81. The molecule has 1 saturated heterocycles. The molecule has 6 nitrogen and oxygen atoms in total. The first-order valence-corrected chi connectivity index (χ1v) is 6.72. The van der Waals surface area contributed by atoms with Gasteiger partial charge in [0.1, 0.15) is 0 Å². The average Bonchev–Trinajstić information content (AvgIpc) is 2.75. The van der Waals surface area contributed by atoms with Crippen LogP contribution in [0.15, 0.2) is 24.3 Å². The third kappa shape index (κ3) is 1.79. The minimum absolute atomic E-state index is 0.0984. The fourth-order valence-electron chi connectivity index (χ4n) is 3.40. The van der Waals surface area contributed by atoms with Gasteiger partial charge in [-0.15, -0.1) is 0 Å². The number of nitrogens with zero attached hydrogens (tertiary/aromatic N) is 2. The molecule has 1 amide bonds. The molecule has 2 aliphatic heterocycles. The Bertz CT molecular complexity index is 564. The van der Waals surface area contributed by atoms with E-state index in [0.29, 0.717) is 19.6 Å². The number of hydrogen-bond donors (Lipinski definition) is 3. The second-order valence-electron chi connectivity index (χ2n) is 5.54. The summed E-state index contributed by atoms with van der Waals surface area (Å²) in [5, 5.41) is 16.9. The topological polar surface area (TPSA) is 93.7 Å². The van der Waals surface area contributed by atoms with Gasteiger partial charge in [-0.3, -0.25) is 10.3 Å². The lowest BCUT2D eigenvalue weighted by atomic mass is 9.74. The Morgan fingerprint density at radius 1 is 1.30 bits per heavy atom. The molecule has 4 N–H and O–H groups in total. The van der Waals surface area contributed by atoms with E-state index in [4.69, 9.17) is 11.1 Å². The van der Waals surface area contributed by atoms with Crippen LogP contribution < -0.4 is 10.6 Å². The molecule has 0 saturated carbocycles. The van der Waals surface area contributed by atoms with Crippen LogP contribution in [0.3, 0.4) is 0 Å². The predicted molar refractivity (Wildman–Crippen MR) is 76.2 cm³/mol. The first kappa shape index (κ1) is 12.8. The molecule has 0 aromatic heterocycles. The number of likely N-dealkylation sites (tertiary alicyclic amines) is 1. The summed E-state index contributed by atoms with van der Waals surface area (Å²) in [5.41, 5.74) is 7.32. The fraction of sp³-hybridized carbons (Fsp3) is 0.429. The summed E-state index contributed by atoms with van der Waals surface area (Å²) in [4.78, 5) is 14.7. The number of anilines is 1. The summed E-state index contributed by atoms with van der Waals surface area (Å²) in [7, 11) is 0. The Morgan fingerprint density at radius 2 is 1.95 bits per heavy atom. The van der Waals surface area contributed by atoms with Crippen molar-refractivity contribution in [3.05, 3.63) is 29.8 Å². The molecule has 106 valence electrons. The molecule has 0 bridgehead atoms. The van der Waals surface area contributed by atoms with E-state index in [2.05, 4.69) is 0 Å². The minimum Gasteiger partial charge on any atom is -0.465 e. The van der Waals surface area contributed by atoms with Crippen LogP contribution in [0.5, 0.6) is 0 Å². The zero-order valence-electron chi connectivity index (χ0n) is 11.2. The number of fused-ring (bicyclic) bond motifs is 2. The van der Waals surface area contributed by atoms with Crippen molar-refractivity contribution in [1.82, 2.24) is 4.90 Å². The van der Waals surface area contributed by atoms with E-state index in [0.717, 1.165) is 24.1 Å². The summed E-state index contributed by atoms with van der Waals surface area (Å²) in [6.45, 7) is 1.92. The van der Waals surface area contributed by atoms with E-state index in [9.17, 15) is 9.90 Å². The Morgan fingerprint density at radius 3 is 2.55 bits per heavy atom. The largest absolute Gasteiger partial charge is 0.465 e. The van der Waals surface area contributed by atoms with E-state index in [1.54, 1.807) is 0 Å². The van der Waals surface area contributed by atoms with Crippen molar-refractivity contribution in [2.75, 3.05) is 24.5 Å². The van der Waals surface area contributed by atoms with Gasteiger partial charge in [0.25, 0.3) is 0 Å². The molecule has 6 heteroatoms. The molecule has 1 aromatic carbocycles. The van der Waals surface area contributed by atoms with Crippen LogP contribution >= 0.6 is 0 Å². The number of carboxylic acid groups (broad SMARTS) is 1. The van der Waals surface area contributed by atoms with Crippen molar-refractivity contribution >= 4 is 17.7 Å². The minimum atomic E-state index is -0.900. The number of carbonyl (C=O) groups is 1. The summed E-state index contributed by atoms with van der Waals surface area (Å²) in [6.07, 6.45) is 0.754. The van der Waals surface area contributed by atoms with Gasteiger partial charge in [0.2, 0.25) is 0 Å². The van der Waals surface area contributed by atoms with Crippen LogP contribution in [0.4, 0.5) is 10.5 Å². The smallest absolute Gasteiger partial charge is 0.411 e. The van der Waals surface area contributed by atoms with Crippen LogP contribution in [0.2, 0.25) is 0 Å². The second kappa shape index (κ2) is 4.40. The molecule has 20 heavy (non-hydrogen) atoms. The molecule has 0 radical (unpaired) electrons. The lowest BCUT2D eigenvalue weighted by molar-refractivity contribution is 0.195. The monoisotopic (exact) mass is 274 g/mol. The maximum atomic E-state index is 11.4. The van der Waals surface area contributed by atoms with Crippen LogP contribution in [-0.2, 0) is 5.41 Å². The summed E-state index contributed by atoms with van der Waals surface area (Å²) < 4.78 is 0. The van der Waals surface area contributed by atoms with Crippen LogP contribution in [0.25, 0.3) is 0 Å². The van der Waals surface area contributed by atoms with Crippen molar-refractivity contribution in [1.29, 1.82) is 5.41 Å². The number of rotatable bonds is 0. The van der Waals surface area contributed by atoms with E-state index in [1.165, 1.54) is 4.90 Å². The van der Waals surface area contributed by atoms with Gasteiger partial charge in [0, 0.05) is 25.0 Å². The zero-order chi connectivity index (χ0) is 14.3. The first-order valence-electron chi connectivity index (χ1n) is 6.72. The highest BCUT2D eigenvalue weighted by atomic mass is 16.4. The van der Waals surface area contributed by atoms with Crippen LogP contribution in [0, 0.1) is 5.41 Å². The van der Waals surface area contributed by atoms with E-state index in [1.807, 2.05) is 29.2 Å². The molecule has 0 aliphatic carbocycles. The van der Waals surface area contributed by atoms with Crippen LogP contribution in [-0.4, -0.2) is 41.7 Å². The van der Waals surface area contributed by atoms with Crippen LogP contribution in [0.1, 0.15) is 18.4 Å². The van der Waals surface area contributed by atoms with Gasteiger partial charge < -0.3 is 15.7 Å². The van der Waals surface area contributed by atoms with Gasteiger partial charge in [-0.1, -0.05) is 18.2 Å². The standard InChI is InChI=1S/C14H18N4O2/c15-12(16)17-7-5-14(6-8-17)9-18(13(19)20)11-4-2-1-3-10(11)14/h1-4H,5-9H2,(H3,15,16)(H,19,20). The number of hydrogen-bond acceptors (Lipinski definition) is 2. The Hall–Kier alpha value is -2.24. The van der Waals surface area contributed by atoms with Crippen molar-refractivity contribution < 1.29 is 9.90 Å². The zero-order valence-corrected chi connectivity index (χ0v) is 11.2. The molecule has 2 aliphatic rings. The van der Waals surface area contributed by atoms with Gasteiger partial charge in [-0.05, 0) is 24.5 Å². The van der Waals surface area contributed by atoms with E-state index in [-0.39, 0.29) is 11.4 Å². The normalized spacial score (nSPS) is 20.0. The molecule has 2 heterocycles. The lowest BCUT2D eigenvalue weighted by Gasteiger charge is -2.39. The quantitative estimate of drug-likeness (QED) is 0.492. The molecule has 1 spiro atoms. The lowest BCUT2D eigenvalue weighted by Crippen LogP contribution is -2.49. The van der Waals surface area contributed by atoms with Gasteiger partial charge in [0.15, 0.2) is 5.96 Å². The molecular formula is C14H18N4O2. The predicted octanol–water partition coefficient (Wildman–Crippen LogP) is 1.41. The highest BCUT2D eigenvalue weighted by Gasteiger charge is 2.46. The first-order chi connectivity index (χ1) is 9.53. The number of piperidine rings is 1. The van der Waals surface area contributed by atoms with E-state index >= 15 is 0 Å². The number of benzene rings is 1. The Labute approximate surface area is 117 Å². The second-order valence-corrected chi connectivity index (χ2v) is 5.54. The van der Waals surface area contributed by atoms with Gasteiger partial charge in [-0.25, -0.2) is 4.79 Å². The third-order valence-electron chi connectivity index (χ3n) is 4.52. The Balaban J connectivity index is 1.93. The molecule has 1 aromatic rings. The number of guanidine groups is 1. The fourth-order valence-corrected chi connectivity index (χ4v) is 3.40. The SMILES string of the molecule is N=C(N)N1CCC2(CC1)CN(C(=O)O)c1ccccc12. The third-order valence-corrected chi connectivity index (χ3v) is 4.52. The molecule has 1 fully saturated rings. The number of amides is 1.